The Morgan fingerprint density at radius 2 is 1.75 bits per heavy atom. The number of carboxylic acid groups (broad SMARTS) is 1. The van der Waals surface area contributed by atoms with Gasteiger partial charge in [-0.05, 0) is 100 Å². The van der Waals surface area contributed by atoms with Gasteiger partial charge in [0.15, 0.2) is 0 Å². The molecule has 0 bridgehead atoms. The molecule has 1 aromatic rings. The van der Waals surface area contributed by atoms with Crippen LogP contribution in [-0.4, -0.2) is 23.0 Å². The van der Waals surface area contributed by atoms with E-state index in [2.05, 4.69) is 26.8 Å². The van der Waals surface area contributed by atoms with Gasteiger partial charge in [0.05, 0.1) is 5.69 Å². The first-order valence-corrected chi connectivity index (χ1v) is 13.5. The summed E-state index contributed by atoms with van der Waals surface area (Å²) in [7, 11) is 0. The van der Waals surface area contributed by atoms with Crippen molar-refractivity contribution in [2.24, 2.45) is 17.3 Å². The maximum absolute atomic E-state index is 13.9. The summed E-state index contributed by atoms with van der Waals surface area (Å²) in [6.07, 6.45) is 14.8. The van der Waals surface area contributed by atoms with E-state index in [9.17, 15) is 14.7 Å². The smallest absolute Gasteiger partial charge is 0.348 e. The Bertz CT molecular complexity index is 865. The van der Waals surface area contributed by atoms with Crippen molar-refractivity contribution in [1.29, 1.82) is 0 Å². The number of anilines is 1. The van der Waals surface area contributed by atoms with Gasteiger partial charge in [-0.3, -0.25) is 4.79 Å². The molecule has 0 saturated heterocycles. The minimum Gasteiger partial charge on any atom is -0.477 e. The van der Waals surface area contributed by atoms with E-state index in [1.165, 1.54) is 23.3 Å². The third kappa shape index (κ3) is 5.13. The van der Waals surface area contributed by atoms with Crippen LogP contribution in [0.1, 0.15) is 112 Å². The zero-order chi connectivity index (χ0) is 22.9. The predicted octanol–water partition coefficient (Wildman–Crippen LogP) is 7.53. The van der Waals surface area contributed by atoms with Crippen LogP contribution in [0.25, 0.3) is 5.57 Å². The lowest BCUT2D eigenvalue weighted by Gasteiger charge is -2.42. The number of hydrogen-bond acceptors (Lipinski definition) is 3. The second-order valence-electron chi connectivity index (χ2n) is 11.2. The summed E-state index contributed by atoms with van der Waals surface area (Å²) in [5.41, 5.74) is 2.23. The number of amides is 1. The number of carboxylic acids is 1. The summed E-state index contributed by atoms with van der Waals surface area (Å²) >= 11 is 1.37. The summed E-state index contributed by atoms with van der Waals surface area (Å²) in [5, 5.41) is 10.1. The van der Waals surface area contributed by atoms with E-state index in [0.717, 1.165) is 75.5 Å². The van der Waals surface area contributed by atoms with Crippen LogP contribution in [-0.2, 0) is 4.79 Å². The molecule has 176 valence electrons. The summed E-state index contributed by atoms with van der Waals surface area (Å²) in [5.74, 6) is -0.0199. The molecule has 2 saturated carbocycles. The Kier molecular flexibility index (Phi) is 7.14. The van der Waals surface area contributed by atoms with Crippen molar-refractivity contribution < 1.29 is 14.7 Å². The van der Waals surface area contributed by atoms with Gasteiger partial charge in [-0.25, -0.2) is 4.79 Å². The number of thiophene rings is 1. The molecule has 3 aliphatic carbocycles. The predicted molar refractivity (Wildman–Crippen MR) is 132 cm³/mol. The quantitative estimate of drug-likeness (QED) is 0.497. The molecule has 1 N–H and O–H groups in total. The summed E-state index contributed by atoms with van der Waals surface area (Å²) in [6.45, 7) is 6.88. The first-order valence-electron chi connectivity index (χ1n) is 12.6. The normalized spacial score (nSPS) is 26.4. The van der Waals surface area contributed by atoms with Gasteiger partial charge in [-0.1, -0.05) is 26.8 Å². The number of allylic oxidation sites excluding steroid dienone is 2. The van der Waals surface area contributed by atoms with Crippen LogP contribution in [0, 0.1) is 17.3 Å². The lowest BCUT2D eigenvalue weighted by Crippen LogP contribution is -2.47. The zero-order valence-corrected chi connectivity index (χ0v) is 20.8. The molecule has 0 radical (unpaired) electrons. The molecule has 0 atom stereocenters. The molecule has 2 fully saturated rings. The molecule has 0 aliphatic heterocycles. The molecule has 1 aromatic heterocycles. The Labute approximate surface area is 197 Å². The van der Waals surface area contributed by atoms with Gasteiger partial charge in [0, 0.05) is 16.8 Å². The van der Waals surface area contributed by atoms with E-state index < -0.39 is 5.97 Å². The largest absolute Gasteiger partial charge is 0.477 e. The van der Waals surface area contributed by atoms with Crippen LogP contribution in [0.3, 0.4) is 0 Å². The Morgan fingerprint density at radius 1 is 1.06 bits per heavy atom. The van der Waals surface area contributed by atoms with Gasteiger partial charge in [-0.15, -0.1) is 11.3 Å². The van der Waals surface area contributed by atoms with Crippen LogP contribution in [0.5, 0.6) is 0 Å². The van der Waals surface area contributed by atoms with Gasteiger partial charge in [0.1, 0.15) is 4.88 Å². The van der Waals surface area contributed by atoms with Crippen molar-refractivity contribution in [2.45, 2.75) is 104 Å². The molecule has 3 aliphatic rings. The fourth-order valence-electron chi connectivity index (χ4n) is 5.78. The fourth-order valence-corrected chi connectivity index (χ4v) is 6.83. The van der Waals surface area contributed by atoms with Crippen molar-refractivity contribution in [3.8, 4) is 0 Å². The van der Waals surface area contributed by atoms with Gasteiger partial charge in [-0.2, -0.15) is 0 Å². The zero-order valence-electron chi connectivity index (χ0n) is 20.0. The lowest BCUT2D eigenvalue weighted by molar-refractivity contribution is -0.124. The second-order valence-corrected chi connectivity index (χ2v) is 12.2. The minimum absolute atomic E-state index is 0.0278. The number of rotatable bonds is 5. The first-order chi connectivity index (χ1) is 15.2. The van der Waals surface area contributed by atoms with E-state index >= 15 is 0 Å². The van der Waals surface area contributed by atoms with E-state index in [0.29, 0.717) is 21.9 Å². The van der Waals surface area contributed by atoms with Gasteiger partial charge >= 0.3 is 5.97 Å². The molecule has 1 heterocycles. The van der Waals surface area contributed by atoms with Gasteiger partial charge in [0.25, 0.3) is 0 Å². The maximum Gasteiger partial charge on any atom is 0.348 e. The highest BCUT2D eigenvalue weighted by Gasteiger charge is 2.39. The van der Waals surface area contributed by atoms with E-state index in [4.69, 9.17) is 0 Å². The Hall–Kier alpha value is -1.62. The second kappa shape index (κ2) is 9.70. The molecule has 32 heavy (non-hydrogen) atoms. The third-order valence-electron chi connectivity index (χ3n) is 8.05. The standard InChI is InChI=1S/C27H39NO3S/c1-18-9-11-20(12-10-18)25(29)28(21-13-15-27(2,3)16-14-21)22-17-23(32-24(22)26(30)31)19-7-5-4-6-8-19/h7,17-18,20-21H,4-6,8-16H2,1-3H3,(H,30,31). The number of carbonyl (C=O) groups is 2. The number of hydrogen-bond donors (Lipinski definition) is 1. The van der Waals surface area contributed by atoms with Gasteiger partial charge in [0.2, 0.25) is 5.91 Å². The van der Waals surface area contributed by atoms with Gasteiger partial charge < -0.3 is 10.0 Å². The molecule has 4 rings (SSSR count). The number of carbonyl (C=O) groups excluding carboxylic acids is 1. The van der Waals surface area contributed by atoms with Crippen LogP contribution < -0.4 is 4.90 Å². The fraction of sp³-hybridized carbons (Fsp3) is 0.704. The summed E-state index contributed by atoms with van der Waals surface area (Å²) < 4.78 is 0. The lowest BCUT2D eigenvalue weighted by atomic mass is 9.74. The molecule has 0 aromatic carbocycles. The van der Waals surface area contributed by atoms with Crippen molar-refractivity contribution in [2.75, 3.05) is 4.90 Å². The molecule has 4 nitrogen and oxygen atoms in total. The van der Waals surface area contributed by atoms with Crippen LogP contribution in [0.15, 0.2) is 12.1 Å². The van der Waals surface area contributed by atoms with E-state index in [-0.39, 0.29) is 17.9 Å². The van der Waals surface area contributed by atoms with Crippen molar-refractivity contribution in [1.82, 2.24) is 0 Å². The highest BCUT2D eigenvalue weighted by molar-refractivity contribution is 7.15. The first kappa shape index (κ1) is 23.5. The van der Waals surface area contributed by atoms with Crippen LogP contribution in [0.4, 0.5) is 5.69 Å². The topological polar surface area (TPSA) is 57.6 Å². The Morgan fingerprint density at radius 3 is 2.34 bits per heavy atom. The van der Waals surface area contributed by atoms with E-state index in [1.54, 1.807) is 0 Å². The number of aromatic carboxylic acids is 1. The third-order valence-corrected chi connectivity index (χ3v) is 9.24. The van der Waals surface area contributed by atoms with Crippen molar-refractivity contribution >= 4 is 34.5 Å². The molecule has 5 heteroatoms. The monoisotopic (exact) mass is 457 g/mol. The van der Waals surface area contributed by atoms with Crippen molar-refractivity contribution in [3.05, 3.63) is 21.9 Å². The van der Waals surface area contributed by atoms with Crippen LogP contribution in [0.2, 0.25) is 0 Å². The van der Waals surface area contributed by atoms with E-state index in [1.807, 2.05) is 11.0 Å². The average Bonchev–Trinajstić information content (AvgIpc) is 3.21. The molecule has 0 unspecified atom stereocenters. The SMILES string of the molecule is CC1CCC(C(=O)N(c2cc(C3=CCCCC3)sc2C(=O)O)C2CCC(C)(C)CC2)CC1. The van der Waals surface area contributed by atoms with Crippen molar-refractivity contribution in [3.63, 3.8) is 0 Å². The molecular formula is C27H39NO3S. The highest BCUT2D eigenvalue weighted by Crippen LogP contribution is 2.44. The summed E-state index contributed by atoms with van der Waals surface area (Å²) in [4.78, 5) is 29.6. The molecule has 0 spiro atoms. The maximum atomic E-state index is 13.9. The van der Waals surface area contributed by atoms with Crippen LogP contribution >= 0.6 is 11.3 Å². The molecule has 1 amide bonds. The molecular weight excluding hydrogens is 418 g/mol. The highest BCUT2D eigenvalue weighted by atomic mass is 32.1. The number of nitrogens with zero attached hydrogens (tertiary/aromatic N) is 1. The average molecular weight is 458 g/mol. The minimum atomic E-state index is -0.904. The Balaban J connectivity index is 1.70. The summed E-state index contributed by atoms with van der Waals surface area (Å²) in [6, 6.07) is 2.14.